The topological polar surface area (TPSA) is 69.0 Å². The van der Waals surface area contributed by atoms with Crippen molar-refractivity contribution in [2.24, 2.45) is 5.92 Å². The third kappa shape index (κ3) is 2.79. The Morgan fingerprint density at radius 1 is 1.38 bits per heavy atom. The van der Waals surface area contributed by atoms with Crippen molar-refractivity contribution in [3.8, 4) is 0 Å². The maximum atomic E-state index is 12.7. The zero-order valence-electron chi connectivity index (χ0n) is 14.2. The van der Waals surface area contributed by atoms with E-state index in [-0.39, 0.29) is 12.0 Å². The Morgan fingerprint density at radius 3 is 2.88 bits per heavy atom. The molecule has 2 aromatic rings. The first-order valence-corrected chi connectivity index (χ1v) is 8.26. The van der Waals surface area contributed by atoms with Crippen LogP contribution in [0, 0.1) is 12.8 Å². The lowest BCUT2D eigenvalue weighted by Crippen LogP contribution is -2.38. The molecular weight excluding hydrogens is 304 g/mol. The minimum Gasteiger partial charge on any atom is -0.465 e. The van der Waals surface area contributed by atoms with Crippen molar-refractivity contribution < 1.29 is 9.53 Å². The van der Waals surface area contributed by atoms with Crippen LogP contribution in [0.15, 0.2) is 42.4 Å². The summed E-state index contributed by atoms with van der Waals surface area (Å²) in [6.07, 6.45) is 4.34. The molecule has 0 radical (unpaired) electrons. The van der Waals surface area contributed by atoms with Gasteiger partial charge in [0.2, 0.25) is 5.95 Å². The Kier molecular flexibility index (Phi) is 4.64. The highest BCUT2D eigenvalue weighted by Gasteiger charge is 2.41. The summed E-state index contributed by atoms with van der Waals surface area (Å²) in [5.41, 5.74) is 2.98. The number of nitrogens with one attached hydrogen (secondary N) is 1. The second-order valence-corrected chi connectivity index (χ2v) is 5.75. The van der Waals surface area contributed by atoms with Crippen molar-refractivity contribution in [2.45, 2.75) is 33.2 Å². The van der Waals surface area contributed by atoms with Gasteiger partial charge in [-0.05, 0) is 31.4 Å². The average Bonchev–Trinajstić information content (AvgIpc) is 3.03. The molecule has 0 bridgehead atoms. The molecule has 1 aromatic heterocycles. The number of ether oxygens (including phenoxy) is 1. The first kappa shape index (κ1) is 16.2. The van der Waals surface area contributed by atoms with Crippen LogP contribution in [-0.2, 0) is 9.53 Å². The quantitative estimate of drug-likeness (QED) is 0.875. The number of benzene rings is 1. The van der Waals surface area contributed by atoms with Gasteiger partial charge in [-0.2, -0.15) is 10.1 Å². The number of carbonyl (C=O) groups excluding carboxylic acids is 1. The van der Waals surface area contributed by atoms with E-state index in [1.54, 1.807) is 4.68 Å². The Morgan fingerprint density at radius 2 is 2.17 bits per heavy atom. The summed E-state index contributed by atoms with van der Waals surface area (Å²) in [6, 6.07) is 7.77. The van der Waals surface area contributed by atoms with Crippen LogP contribution in [0.1, 0.15) is 37.4 Å². The lowest BCUT2D eigenvalue weighted by atomic mass is 9.86. The number of fused-ring (bicyclic) bond motifs is 1. The fourth-order valence-electron chi connectivity index (χ4n) is 3.18. The van der Waals surface area contributed by atoms with E-state index in [9.17, 15) is 4.79 Å². The van der Waals surface area contributed by atoms with Gasteiger partial charge in [-0.15, -0.1) is 0 Å². The summed E-state index contributed by atoms with van der Waals surface area (Å²) < 4.78 is 7.13. The molecule has 2 atom stereocenters. The predicted molar refractivity (Wildman–Crippen MR) is 91.5 cm³/mol. The van der Waals surface area contributed by atoms with Gasteiger partial charge in [-0.1, -0.05) is 37.3 Å². The van der Waals surface area contributed by atoms with Crippen molar-refractivity contribution in [1.29, 1.82) is 0 Å². The van der Waals surface area contributed by atoms with Gasteiger partial charge in [0.15, 0.2) is 0 Å². The second kappa shape index (κ2) is 6.86. The van der Waals surface area contributed by atoms with Gasteiger partial charge in [-0.3, -0.25) is 4.79 Å². The zero-order valence-corrected chi connectivity index (χ0v) is 14.2. The Bertz CT molecular complexity index is 766. The van der Waals surface area contributed by atoms with Crippen molar-refractivity contribution in [1.82, 2.24) is 14.8 Å². The molecule has 6 heteroatoms. The molecule has 0 saturated heterocycles. The molecule has 1 aromatic carbocycles. The van der Waals surface area contributed by atoms with E-state index in [2.05, 4.69) is 15.4 Å². The number of hydrogen-bond donors (Lipinski definition) is 1. The molecule has 3 rings (SSSR count). The maximum Gasteiger partial charge on any atom is 0.317 e. The summed E-state index contributed by atoms with van der Waals surface area (Å²) in [5.74, 6) is -0.0807. The van der Waals surface area contributed by atoms with Crippen LogP contribution in [0.2, 0.25) is 0 Å². The molecule has 0 unspecified atom stereocenters. The van der Waals surface area contributed by atoms with Gasteiger partial charge in [0.1, 0.15) is 12.2 Å². The number of hydrogen-bond acceptors (Lipinski definition) is 5. The van der Waals surface area contributed by atoms with E-state index in [1.165, 1.54) is 6.33 Å². The van der Waals surface area contributed by atoms with Gasteiger partial charge < -0.3 is 10.1 Å². The minimum absolute atomic E-state index is 0.251. The number of nitrogens with zero attached hydrogens (tertiary/aromatic N) is 3. The third-order valence-corrected chi connectivity index (χ3v) is 4.22. The lowest BCUT2D eigenvalue weighted by Gasteiger charge is -2.34. The first-order valence-electron chi connectivity index (χ1n) is 8.26. The van der Waals surface area contributed by atoms with Gasteiger partial charge >= 0.3 is 5.97 Å². The number of allylic oxidation sites excluding steroid dienone is 1. The summed E-state index contributed by atoms with van der Waals surface area (Å²) in [7, 11) is 0. The molecule has 1 aliphatic heterocycles. The lowest BCUT2D eigenvalue weighted by molar-refractivity contribution is -0.147. The van der Waals surface area contributed by atoms with Crippen molar-refractivity contribution in [2.75, 3.05) is 11.9 Å². The van der Waals surface area contributed by atoms with Gasteiger partial charge in [0, 0.05) is 5.70 Å². The molecule has 6 nitrogen and oxygen atoms in total. The van der Waals surface area contributed by atoms with Gasteiger partial charge in [0.25, 0.3) is 0 Å². The van der Waals surface area contributed by atoms with Crippen LogP contribution in [0.5, 0.6) is 0 Å². The van der Waals surface area contributed by atoms with E-state index in [1.807, 2.05) is 51.1 Å². The maximum absolute atomic E-state index is 12.7. The summed E-state index contributed by atoms with van der Waals surface area (Å²) in [5, 5.41) is 7.59. The largest absolute Gasteiger partial charge is 0.465 e. The zero-order chi connectivity index (χ0) is 17.1. The minimum atomic E-state index is -0.472. The van der Waals surface area contributed by atoms with Crippen LogP contribution in [0.3, 0.4) is 0 Å². The third-order valence-electron chi connectivity index (χ3n) is 4.22. The summed E-state index contributed by atoms with van der Waals surface area (Å²) in [6.45, 7) is 6.25. The number of aryl methyl sites for hydroxylation is 1. The number of anilines is 1. The predicted octanol–water partition coefficient (Wildman–Crippen LogP) is 3.07. The van der Waals surface area contributed by atoms with Crippen LogP contribution < -0.4 is 5.32 Å². The summed E-state index contributed by atoms with van der Waals surface area (Å²) in [4.78, 5) is 17.0. The van der Waals surface area contributed by atoms with E-state index in [0.717, 1.165) is 23.2 Å². The van der Waals surface area contributed by atoms with Crippen molar-refractivity contribution in [3.63, 3.8) is 0 Å². The molecule has 0 aliphatic carbocycles. The van der Waals surface area contributed by atoms with Crippen LogP contribution >= 0.6 is 0 Å². The molecule has 24 heavy (non-hydrogen) atoms. The second-order valence-electron chi connectivity index (χ2n) is 5.75. The number of carbonyl (C=O) groups is 1. The van der Waals surface area contributed by atoms with E-state index in [4.69, 9.17) is 4.74 Å². The van der Waals surface area contributed by atoms with Gasteiger partial charge in [-0.25, -0.2) is 4.68 Å². The molecule has 0 spiro atoms. The fourth-order valence-corrected chi connectivity index (χ4v) is 3.18. The molecule has 0 saturated carbocycles. The highest BCUT2D eigenvalue weighted by Crippen LogP contribution is 2.39. The molecule has 0 amide bonds. The highest BCUT2D eigenvalue weighted by atomic mass is 16.5. The molecule has 1 aliphatic rings. The first-order chi connectivity index (χ1) is 11.7. The SMILES string of the molecule is CC/C=C1\Nc2ncnn2[C@@H](c2ccccc2C)[C@@H]1C(=O)OCC. The van der Waals surface area contributed by atoms with Crippen molar-refractivity contribution >= 4 is 11.9 Å². The van der Waals surface area contributed by atoms with E-state index in [0.29, 0.717) is 12.6 Å². The molecule has 126 valence electrons. The normalized spacial score (nSPS) is 21.2. The summed E-state index contributed by atoms with van der Waals surface area (Å²) >= 11 is 0. The van der Waals surface area contributed by atoms with Crippen LogP contribution in [0.25, 0.3) is 0 Å². The van der Waals surface area contributed by atoms with Crippen molar-refractivity contribution in [3.05, 3.63) is 53.5 Å². The van der Waals surface area contributed by atoms with E-state index < -0.39 is 5.92 Å². The highest BCUT2D eigenvalue weighted by molar-refractivity contribution is 5.79. The molecular formula is C18H22N4O2. The fraction of sp³-hybridized carbons (Fsp3) is 0.389. The van der Waals surface area contributed by atoms with Gasteiger partial charge in [0.05, 0.1) is 12.6 Å². The number of esters is 1. The average molecular weight is 326 g/mol. The van der Waals surface area contributed by atoms with Crippen LogP contribution in [-0.4, -0.2) is 27.3 Å². The smallest absolute Gasteiger partial charge is 0.317 e. The van der Waals surface area contributed by atoms with E-state index >= 15 is 0 Å². The number of rotatable bonds is 4. The number of aromatic nitrogens is 3. The molecule has 1 N–H and O–H groups in total. The standard InChI is InChI=1S/C18H22N4O2/c1-4-8-14-15(17(23)24-5-2)16(13-10-7-6-9-12(13)3)22-18(21-14)19-11-20-22/h6-11,15-16H,4-5H2,1-3H3,(H,19,20,21)/b14-8-/t15-,16+/m1/s1. The Labute approximate surface area is 141 Å². The Hall–Kier alpha value is -2.63. The van der Waals surface area contributed by atoms with Crippen LogP contribution in [0.4, 0.5) is 5.95 Å². The monoisotopic (exact) mass is 326 g/mol. The Balaban J connectivity index is 2.18. The molecule has 2 heterocycles. The molecule has 0 fully saturated rings.